The zero-order valence-electron chi connectivity index (χ0n) is 22.6. The summed E-state index contributed by atoms with van der Waals surface area (Å²) in [5, 5.41) is 19.4. The van der Waals surface area contributed by atoms with Gasteiger partial charge in [-0.3, -0.25) is 9.69 Å². The third-order valence-electron chi connectivity index (χ3n) is 8.26. The lowest BCUT2D eigenvalue weighted by molar-refractivity contribution is -0.123. The first-order valence-corrected chi connectivity index (χ1v) is 14.1. The zero-order valence-corrected chi connectivity index (χ0v) is 22.6. The Morgan fingerprint density at radius 3 is 2.50 bits per heavy atom. The monoisotopic (exact) mass is 542 g/mol. The molecular formula is C30H34N6O4. The van der Waals surface area contributed by atoms with Crippen LogP contribution in [-0.4, -0.2) is 61.1 Å². The fraction of sp³-hybridized carbons (Fsp3) is 0.433. The SMILES string of the molecule is CC1CCC(C(=O)N(CC2CCOCC2)c2nn(-c3ccc(-c4cc5ncccn5n4)cc3)cc2C(=O)O)CC1. The second-order valence-electron chi connectivity index (χ2n) is 11.1. The number of anilines is 1. The lowest BCUT2D eigenvalue weighted by atomic mass is 9.82. The molecule has 0 unspecified atom stereocenters. The van der Waals surface area contributed by atoms with Crippen molar-refractivity contribution in [2.45, 2.75) is 45.4 Å². The number of carboxylic acid groups (broad SMARTS) is 1. The number of amides is 1. The van der Waals surface area contributed by atoms with Crippen molar-refractivity contribution in [2.75, 3.05) is 24.7 Å². The number of nitrogens with zero attached hydrogens (tertiary/aromatic N) is 6. The molecule has 1 saturated heterocycles. The molecule has 1 aliphatic carbocycles. The first-order valence-electron chi connectivity index (χ1n) is 14.1. The molecule has 2 aliphatic rings. The number of fused-ring (bicyclic) bond motifs is 1. The molecule has 10 heteroatoms. The summed E-state index contributed by atoms with van der Waals surface area (Å²) in [5.41, 5.74) is 3.17. The number of carbonyl (C=O) groups is 2. The molecule has 1 aromatic carbocycles. The van der Waals surface area contributed by atoms with E-state index in [2.05, 4.69) is 17.0 Å². The van der Waals surface area contributed by atoms with E-state index >= 15 is 0 Å². The first-order chi connectivity index (χ1) is 19.5. The average molecular weight is 543 g/mol. The van der Waals surface area contributed by atoms with Gasteiger partial charge in [0.15, 0.2) is 11.5 Å². The van der Waals surface area contributed by atoms with Crippen molar-refractivity contribution in [2.24, 2.45) is 17.8 Å². The quantitative estimate of drug-likeness (QED) is 0.354. The van der Waals surface area contributed by atoms with Crippen LogP contribution in [0.4, 0.5) is 5.82 Å². The normalized spacial score (nSPS) is 20.0. The number of aromatic carboxylic acids is 1. The molecule has 3 aromatic heterocycles. The molecule has 1 amide bonds. The Kier molecular flexibility index (Phi) is 7.34. The minimum absolute atomic E-state index is 0.0121. The van der Waals surface area contributed by atoms with Crippen molar-refractivity contribution in [3.63, 3.8) is 0 Å². The van der Waals surface area contributed by atoms with Gasteiger partial charge in [0.05, 0.1) is 11.4 Å². The molecule has 10 nitrogen and oxygen atoms in total. The van der Waals surface area contributed by atoms with Gasteiger partial charge >= 0.3 is 5.97 Å². The standard InChI is InChI=1S/C30H34N6O4/c1-20-3-5-23(6-4-20)29(37)34(18-21-11-15-40-16-12-21)28-25(30(38)39)19-36(33-28)24-9-7-22(8-10-24)26-17-27-31-13-2-14-35(27)32-26/h2,7-10,13-14,17,19-21,23H,3-6,11-12,15-16,18H2,1H3,(H,38,39). The van der Waals surface area contributed by atoms with Crippen molar-refractivity contribution >= 4 is 23.3 Å². The Bertz CT molecular complexity index is 1460. The largest absolute Gasteiger partial charge is 0.477 e. The molecule has 208 valence electrons. The summed E-state index contributed by atoms with van der Waals surface area (Å²) in [6.45, 7) is 3.99. The van der Waals surface area contributed by atoms with E-state index in [1.807, 2.05) is 42.6 Å². The minimum atomic E-state index is -1.10. The molecule has 0 radical (unpaired) electrons. The summed E-state index contributed by atoms with van der Waals surface area (Å²) < 4.78 is 8.81. The van der Waals surface area contributed by atoms with Crippen LogP contribution in [0.1, 0.15) is 55.8 Å². The van der Waals surface area contributed by atoms with E-state index in [1.165, 1.54) is 6.20 Å². The molecule has 0 bridgehead atoms. The maximum absolute atomic E-state index is 13.9. The van der Waals surface area contributed by atoms with E-state index in [9.17, 15) is 14.7 Å². The highest BCUT2D eigenvalue weighted by molar-refractivity contribution is 6.01. The third kappa shape index (κ3) is 5.36. The van der Waals surface area contributed by atoms with E-state index < -0.39 is 5.97 Å². The van der Waals surface area contributed by atoms with Crippen molar-refractivity contribution < 1.29 is 19.4 Å². The van der Waals surface area contributed by atoms with Crippen molar-refractivity contribution in [3.05, 3.63) is 60.6 Å². The van der Waals surface area contributed by atoms with Crippen LogP contribution in [0, 0.1) is 17.8 Å². The number of hydrogen-bond donors (Lipinski definition) is 1. The molecule has 4 heterocycles. The fourth-order valence-corrected chi connectivity index (χ4v) is 5.80. The van der Waals surface area contributed by atoms with Crippen molar-refractivity contribution in [3.8, 4) is 16.9 Å². The number of carbonyl (C=O) groups excluding carboxylic acids is 1. The van der Waals surface area contributed by atoms with Gasteiger partial charge in [-0.1, -0.05) is 19.1 Å². The highest BCUT2D eigenvalue weighted by Crippen LogP contribution is 2.33. The molecule has 6 rings (SSSR count). The molecule has 1 aliphatic heterocycles. The van der Waals surface area contributed by atoms with Gasteiger partial charge in [-0.2, -0.15) is 5.10 Å². The third-order valence-corrected chi connectivity index (χ3v) is 8.26. The van der Waals surface area contributed by atoms with E-state index in [-0.39, 0.29) is 29.1 Å². The fourth-order valence-electron chi connectivity index (χ4n) is 5.80. The molecule has 4 aromatic rings. The molecule has 2 fully saturated rings. The number of ether oxygens (including phenoxy) is 1. The highest BCUT2D eigenvalue weighted by Gasteiger charge is 2.34. The van der Waals surface area contributed by atoms with E-state index in [1.54, 1.807) is 20.3 Å². The summed E-state index contributed by atoms with van der Waals surface area (Å²) in [7, 11) is 0. The predicted octanol–water partition coefficient (Wildman–Crippen LogP) is 4.87. The summed E-state index contributed by atoms with van der Waals surface area (Å²) >= 11 is 0. The first kappa shape index (κ1) is 26.2. The number of carboxylic acids is 1. The number of hydrogen-bond acceptors (Lipinski definition) is 6. The average Bonchev–Trinajstić information content (AvgIpc) is 3.62. The van der Waals surface area contributed by atoms with Crippen LogP contribution in [0.3, 0.4) is 0 Å². The Morgan fingerprint density at radius 2 is 1.80 bits per heavy atom. The summed E-state index contributed by atoms with van der Waals surface area (Å²) in [6.07, 6.45) is 10.4. The van der Waals surface area contributed by atoms with Gasteiger partial charge in [-0.25, -0.2) is 19.0 Å². The summed E-state index contributed by atoms with van der Waals surface area (Å²) in [6, 6.07) is 11.3. The van der Waals surface area contributed by atoms with Gasteiger partial charge in [0, 0.05) is 55.9 Å². The Balaban J connectivity index is 1.31. The van der Waals surface area contributed by atoms with Crippen LogP contribution in [0.15, 0.2) is 55.0 Å². The van der Waals surface area contributed by atoms with Crippen LogP contribution in [-0.2, 0) is 9.53 Å². The van der Waals surface area contributed by atoms with Crippen LogP contribution < -0.4 is 4.90 Å². The Hall–Kier alpha value is -4.05. The second kappa shape index (κ2) is 11.2. The summed E-state index contributed by atoms with van der Waals surface area (Å²) in [5.74, 6) is -0.146. The van der Waals surface area contributed by atoms with Crippen molar-refractivity contribution in [1.29, 1.82) is 0 Å². The smallest absolute Gasteiger partial charge is 0.341 e. The number of aromatic nitrogens is 5. The topological polar surface area (TPSA) is 115 Å². The maximum atomic E-state index is 13.9. The van der Waals surface area contributed by atoms with E-state index in [0.29, 0.717) is 31.4 Å². The van der Waals surface area contributed by atoms with Gasteiger partial charge in [0.25, 0.3) is 0 Å². The number of benzene rings is 1. The molecule has 0 atom stereocenters. The van der Waals surface area contributed by atoms with E-state index in [0.717, 1.165) is 55.4 Å². The van der Waals surface area contributed by atoms with Gasteiger partial charge < -0.3 is 9.84 Å². The van der Waals surface area contributed by atoms with Gasteiger partial charge in [0.2, 0.25) is 5.91 Å². The summed E-state index contributed by atoms with van der Waals surface area (Å²) in [4.78, 5) is 32.3. The van der Waals surface area contributed by atoms with Gasteiger partial charge in [0.1, 0.15) is 5.56 Å². The van der Waals surface area contributed by atoms with Gasteiger partial charge in [-0.15, -0.1) is 5.10 Å². The Morgan fingerprint density at radius 1 is 1.05 bits per heavy atom. The van der Waals surface area contributed by atoms with Crippen molar-refractivity contribution in [1.82, 2.24) is 24.4 Å². The molecule has 0 spiro atoms. The number of rotatable bonds is 7. The molecule has 40 heavy (non-hydrogen) atoms. The van der Waals surface area contributed by atoms with Gasteiger partial charge in [-0.05, 0) is 68.6 Å². The molecule has 1 saturated carbocycles. The van der Waals surface area contributed by atoms with Crippen LogP contribution in [0.2, 0.25) is 0 Å². The lowest BCUT2D eigenvalue weighted by Gasteiger charge is -2.33. The lowest BCUT2D eigenvalue weighted by Crippen LogP contribution is -2.42. The predicted molar refractivity (Wildman–Crippen MR) is 150 cm³/mol. The van der Waals surface area contributed by atoms with E-state index in [4.69, 9.17) is 9.84 Å². The Labute approximate surface area is 232 Å². The molecular weight excluding hydrogens is 508 g/mol. The zero-order chi connectivity index (χ0) is 27.6. The highest BCUT2D eigenvalue weighted by atomic mass is 16.5. The minimum Gasteiger partial charge on any atom is -0.477 e. The second-order valence-corrected chi connectivity index (χ2v) is 11.1. The van der Waals surface area contributed by atoms with Crippen LogP contribution in [0.5, 0.6) is 0 Å². The molecule has 1 N–H and O–H groups in total. The van der Waals surface area contributed by atoms with Crippen LogP contribution in [0.25, 0.3) is 22.6 Å². The maximum Gasteiger partial charge on any atom is 0.341 e. The van der Waals surface area contributed by atoms with Crippen LogP contribution >= 0.6 is 0 Å².